The van der Waals surface area contributed by atoms with E-state index >= 15 is 0 Å². The molecule has 3 rings (SSSR count). The van der Waals surface area contributed by atoms with Crippen LogP contribution in [0, 0.1) is 0 Å². The van der Waals surface area contributed by atoms with Crippen molar-refractivity contribution in [1.82, 2.24) is 4.90 Å². The molecule has 2 aromatic carbocycles. The molecular weight excluding hydrogens is 518 g/mol. The van der Waals surface area contributed by atoms with Crippen LogP contribution in [-0.4, -0.2) is 84.0 Å². The van der Waals surface area contributed by atoms with E-state index in [4.69, 9.17) is 23.7 Å². The van der Waals surface area contributed by atoms with Crippen molar-refractivity contribution in [3.63, 3.8) is 0 Å². The topological polar surface area (TPSA) is 66.5 Å². The standard InChI is InChI=1S/C34H51NO6/c1-3-4-5-6-7-8-9-14-20-37-22-24-39-26-27-40-25-23-38-21-19-35(2)34(36)41-28-33-31-17-12-10-15-29(31)30-16-11-13-18-32(30)33/h10-13,15-18,33H,3-9,14,19-28H2,1-2H3. The Hall–Kier alpha value is -2.45. The summed E-state index contributed by atoms with van der Waals surface area (Å²) < 4.78 is 28.0. The van der Waals surface area contributed by atoms with E-state index in [0.29, 0.717) is 59.4 Å². The van der Waals surface area contributed by atoms with Crippen molar-refractivity contribution in [2.45, 2.75) is 64.2 Å². The van der Waals surface area contributed by atoms with Gasteiger partial charge in [0.15, 0.2) is 0 Å². The Morgan fingerprint density at radius 2 is 1.10 bits per heavy atom. The summed E-state index contributed by atoms with van der Waals surface area (Å²) in [5.41, 5.74) is 4.86. The second-order valence-corrected chi connectivity index (χ2v) is 10.6. The number of carbonyl (C=O) groups is 1. The molecule has 7 nitrogen and oxygen atoms in total. The molecule has 0 unspecified atom stereocenters. The number of fused-ring (bicyclic) bond motifs is 3. The van der Waals surface area contributed by atoms with Crippen LogP contribution in [0.3, 0.4) is 0 Å². The molecule has 0 saturated carbocycles. The molecule has 228 valence electrons. The first-order chi connectivity index (χ1) is 20.2. The van der Waals surface area contributed by atoms with Gasteiger partial charge in [-0.2, -0.15) is 0 Å². The van der Waals surface area contributed by atoms with Crippen LogP contribution < -0.4 is 0 Å². The summed E-state index contributed by atoms with van der Waals surface area (Å²) in [6, 6.07) is 16.7. The zero-order valence-electron chi connectivity index (χ0n) is 25.3. The second kappa shape index (κ2) is 20.4. The van der Waals surface area contributed by atoms with Crippen LogP contribution in [0.2, 0.25) is 0 Å². The molecule has 0 N–H and O–H groups in total. The highest BCUT2D eigenvalue weighted by molar-refractivity contribution is 5.79. The minimum absolute atomic E-state index is 0.0596. The Kier molecular flexibility index (Phi) is 16.5. The van der Waals surface area contributed by atoms with E-state index < -0.39 is 0 Å². The Morgan fingerprint density at radius 3 is 1.66 bits per heavy atom. The van der Waals surface area contributed by atoms with Gasteiger partial charge in [-0.25, -0.2) is 4.79 Å². The van der Waals surface area contributed by atoms with Gasteiger partial charge >= 0.3 is 6.09 Å². The lowest BCUT2D eigenvalue weighted by molar-refractivity contribution is -0.00376. The third-order valence-corrected chi connectivity index (χ3v) is 7.48. The van der Waals surface area contributed by atoms with Gasteiger partial charge in [-0.1, -0.05) is 100 Å². The average Bonchev–Trinajstić information content (AvgIpc) is 3.32. The van der Waals surface area contributed by atoms with Crippen molar-refractivity contribution in [2.24, 2.45) is 0 Å². The van der Waals surface area contributed by atoms with Crippen LogP contribution >= 0.6 is 0 Å². The summed E-state index contributed by atoms with van der Waals surface area (Å²) in [6.45, 7) is 7.55. The fraction of sp³-hybridized carbons (Fsp3) is 0.618. The number of likely N-dealkylation sites (N-methyl/N-ethyl adjacent to an activating group) is 1. The highest BCUT2D eigenvalue weighted by Crippen LogP contribution is 2.44. The molecule has 0 saturated heterocycles. The fourth-order valence-electron chi connectivity index (χ4n) is 5.10. The first-order valence-corrected chi connectivity index (χ1v) is 15.6. The van der Waals surface area contributed by atoms with Crippen molar-refractivity contribution < 1.29 is 28.5 Å². The zero-order valence-corrected chi connectivity index (χ0v) is 25.3. The number of hydrogen-bond acceptors (Lipinski definition) is 6. The number of carbonyl (C=O) groups excluding carboxylic acids is 1. The molecule has 0 spiro atoms. The van der Waals surface area contributed by atoms with E-state index in [1.807, 2.05) is 24.3 Å². The van der Waals surface area contributed by atoms with E-state index in [1.54, 1.807) is 11.9 Å². The maximum Gasteiger partial charge on any atom is 0.409 e. The summed E-state index contributed by atoms with van der Waals surface area (Å²) in [4.78, 5) is 14.1. The van der Waals surface area contributed by atoms with Crippen LogP contribution in [0.15, 0.2) is 48.5 Å². The summed E-state index contributed by atoms with van der Waals surface area (Å²) in [5, 5.41) is 0. The molecule has 41 heavy (non-hydrogen) atoms. The Bertz CT molecular complexity index is 938. The Balaban J connectivity index is 1.11. The predicted octanol–water partition coefficient (Wildman–Crippen LogP) is 7.07. The maximum absolute atomic E-state index is 12.6. The highest BCUT2D eigenvalue weighted by atomic mass is 16.6. The normalized spacial score (nSPS) is 12.3. The first kappa shape index (κ1) is 33.1. The van der Waals surface area contributed by atoms with Crippen LogP contribution in [-0.2, 0) is 23.7 Å². The van der Waals surface area contributed by atoms with Crippen LogP contribution in [0.25, 0.3) is 11.1 Å². The number of amides is 1. The number of hydrogen-bond donors (Lipinski definition) is 0. The van der Waals surface area contributed by atoms with Gasteiger partial charge in [0.2, 0.25) is 0 Å². The van der Waals surface area contributed by atoms with E-state index in [0.717, 1.165) is 13.0 Å². The van der Waals surface area contributed by atoms with Gasteiger partial charge in [-0.3, -0.25) is 0 Å². The molecule has 1 amide bonds. The monoisotopic (exact) mass is 569 g/mol. The molecule has 0 atom stereocenters. The molecular formula is C34H51NO6. The fourth-order valence-corrected chi connectivity index (χ4v) is 5.10. The first-order valence-electron chi connectivity index (χ1n) is 15.6. The molecule has 7 heteroatoms. The van der Waals surface area contributed by atoms with Gasteiger partial charge in [0.1, 0.15) is 6.61 Å². The van der Waals surface area contributed by atoms with Gasteiger partial charge in [-0.05, 0) is 28.7 Å². The van der Waals surface area contributed by atoms with Crippen LogP contribution in [0.1, 0.15) is 75.3 Å². The molecule has 0 fully saturated rings. The minimum atomic E-state index is -0.342. The lowest BCUT2D eigenvalue weighted by Crippen LogP contribution is -2.32. The molecule has 0 aliphatic heterocycles. The van der Waals surface area contributed by atoms with Gasteiger partial charge in [-0.15, -0.1) is 0 Å². The quantitative estimate of drug-likeness (QED) is 0.133. The second-order valence-electron chi connectivity index (χ2n) is 10.6. The molecule has 0 bridgehead atoms. The van der Waals surface area contributed by atoms with Gasteiger partial charge < -0.3 is 28.6 Å². The smallest absolute Gasteiger partial charge is 0.409 e. The van der Waals surface area contributed by atoms with Crippen molar-refractivity contribution in [1.29, 1.82) is 0 Å². The predicted molar refractivity (Wildman–Crippen MR) is 164 cm³/mol. The molecule has 0 aromatic heterocycles. The Morgan fingerprint density at radius 1 is 0.634 bits per heavy atom. The van der Waals surface area contributed by atoms with Crippen molar-refractivity contribution in [2.75, 3.05) is 73.1 Å². The SMILES string of the molecule is CCCCCCCCCCOCCOCCOCCOCCN(C)C(=O)OCC1c2ccccc2-c2ccccc21. The number of ether oxygens (including phenoxy) is 5. The van der Waals surface area contributed by atoms with Crippen LogP contribution in [0.5, 0.6) is 0 Å². The molecule has 2 aromatic rings. The summed E-state index contributed by atoms with van der Waals surface area (Å²) >= 11 is 0. The molecule has 1 aliphatic rings. The van der Waals surface area contributed by atoms with E-state index in [9.17, 15) is 4.79 Å². The number of benzene rings is 2. The van der Waals surface area contributed by atoms with Crippen molar-refractivity contribution in [3.8, 4) is 11.1 Å². The number of unbranched alkanes of at least 4 members (excludes halogenated alkanes) is 7. The van der Waals surface area contributed by atoms with Crippen molar-refractivity contribution in [3.05, 3.63) is 59.7 Å². The van der Waals surface area contributed by atoms with E-state index in [-0.39, 0.29) is 12.0 Å². The van der Waals surface area contributed by atoms with Gasteiger partial charge in [0.25, 0.3) is 0 Å². The van der Waals surface area contributed by atoms with Crippen LogP contribution in [0.4, 0.5) is 4.79 Å². The van der Waals surface area contributed by atoms with E-state index in [2.05, 4.69) is 31.2 Å². The van der Waals surface area contributed by atoms with Gasteiger partial charge in [0.05, 0.1) is 46.2 Å². The summed E-state index contributed by atoms with van der Waals surface area (Å²) in [6.07, 6.45) is 10.2. The Labute approximate surface area is 247 Å². The largest absolute Gasteiger partial charge is 0.448 e. The maximum atomic E-state index is 12.6. The molecule has 0 heterocycles. The summed E-state index contributed by atoms with van der Waals surface area (Å²) in [7, 11) is 1.73. The summed E-state index contributed by atoms with van der Waals surface area (Å²) in [5.74, 6) is 0.0596. The van der Waals surface area contributed by atoms with E-state index in [1.165, 1.54) is 67.2 Å². The highest BCUT2D eigenvalue weighted by Gasteiger charge is 2.29. The molecule has 0 radical (unpaired) electrons. The molecule has 1 aliphatic carbocycles. The third kappa shape index (κ3) is 12.1. The average molecular weight is 570 g/mol. The third-order valence-electron chi connectivity index (χ3n) is 7.48. The lowest BCUT2D eigenvalue weighted by atomic mass is 9.98. The van der Waals surface area contributed by atoms with Gasteiger partial charge in [0, 0.05) is 26.1 Å². The number of rotatable bonds is 23. The number of nitrogens with zero attached hydrogens (tertiary/aromatic N) is 1. The lowest BCUT2D eigenvalue weighted by Gasteiger charge is -2.19. The zero-order chi connectivity index (χ0) is 29.0. The van der Waals surface area contributed by atoms with Crippen molar-refractivity contribution >= 4 is 6.09 Å². The minimum Gasteiger partial charge on any atom is -0.448 e.